The molecule has 0 saturated carbocycles. The molecule has 23 heavy (non-hydrogen) atoms. The van der Waals surface area contributed by atoms with Crippen molar-refractivity contribution < 1.29 is 9.59 Å². The van der Waals surface area contributed by atoms with Crippen LogP contribution < -0.4 is 10.2 Å². The van der Waals surface area contributed by atoms with Crippen LogP contribution in [0.15, 0.2) is 53.0 Å². The van der Waals surface area contributed by atoms with Crippen LogP contribution in [0.5, 0.6) is 0 Å². The van der Waals surface area contributed by atoms with Gasteiger partial charge < -0.3 is 10.2 Å². The molecule has 0 radical (unpaired) electrons. The Kier molecular flexibility index (Phi) is 5.93. The van der Waals surface area contributed by atoms with E-state index in [0.29, 0.717) is 5.69 Å². The molecule has 0 aliphatic rings. The van der Waals surface area contributed by atoms with Gasteiger partial charge in [-0.05, 0) is 48.4 Å². The Morgan fingerprint density at radius 1 is 1.04 bits per heavy atom. The van der Waals surface area contributed by atoms with Gasteiger partial charge in [-0.3, -0.25) is 9.59 Å². The van der Waals surface area contributed by atoms with E-state index in [1.54, 1.807) is 12.1 Å². The quantitative estimate of drug-likeness (QED) is 0.859. The predicted molar refractivity (Wildman–Crippen MR) is 96.6 cm³/mol. The monoisotopic (exact) mass is 374 g/mol. The van der Waals surface area contributed by atoms with Crippen molar-refractivity contribution in [2.45, 2.75) is 20.3 Å². The van der Waals surface area contributed by atoms with Gasteiger partial charge in [0.1, 0.15) is 6.54 Å². The van der Waals surface area contributed by atoms with E-state index >= 15 is 0 Å². The van der Waals surface area contributed by atoms with Crippen molar-refractivity contribution in [3.63, 3.8) is 0 Å². The first-order chi connectivity index (χ1) is 11.0. The van der Waals surface area contributed by atoms with Crippen molar-refractivity contribution in [2.24, 2.45) is 0 Å². The molecule has 2 rings (SSSR count). The van der Waals surface area contributed by atoms with E-state index in [2.05, 4.69) is 28.2 Å². The lowest BCUT2D eigenvalue weighted by Crippen LogP contribution is -2.36. The van der Waals surface area contributed by atoms with Gasteiger partial charge in [-0.15, -0.1) is 0 Å². The maximum atomic E-state index is 12.2. The summed E-state index contributed by atoms with van der Waals surface area (Å²) in [5.41, 5.74) is 2.61. The molecule has 0 aliphatic heterocycles. The number of amides is 2. The summed E-state index contributed by atoms with van der Waals surface area (Å²) in [6, 6.07) is 15.0. The average molecular weight is 375 g/mol. The molecule has 5 heteroatoms. The molecule has 0 aliphatic carbocycles. The van der Waals surface area contributed by atoms with Crippen molar-refractivity contribution in [1.29, 1.82) is 0 Å². The topological polar surface area (TPSA) is 49.4 Å². The molecular formula is C18H19BrN2O2. The largest absolute Gasteiger partial charge is 0.325 e. The lowest BCUT2D eigenvalue weighted by atomic mass is 10.1. The minimum atomic E-state index is -0.234. The molecule has 0 fully saturated rings. The molecular weight excluding hydrogens is 356 g/mol. The third kappa shape index (κ3) is 4.93. The van der Waals surface area contributed by atoms with Gasteiger partial charge in [-0.1, -0.05) is 35.0 Å². The Labute approximate surface area is 144 Å². The SMILES string of the molecule is CCc1ccc(N(CC(=O)Nc2ccc(Br)cc2)C(C)=O)cc1. The Morgan fingerprint density at radius 3 is 2.17 bits per heavy atom. The van der Waals surface area contributed by atoms with Crippen LogP contribution in [0.1, 0.15) is 19.4 Å². The molecule has 0 spiro atoms. The van der Waals surface area contributed by atoms with Crippen molar-refractivity contribution in [2.75, 3.05) is 16.8 Å². The molecule has 2 aromatic carbocycles. The van der Waals surface area contributed by atoms with Crippen LogP contribution in [0.3, 0.4) is 0 Å². The highest BCUT2D eigenvalue weighted by atomic mass is 79.9. The van der Waals surface area contributed by atoms with Crippen LogP contribution in [-0.2, 0) is 16.0 Å². The fourth-order valence-corrected chi connectivity index (χ4v) is 2.44. The number of hydrogen-bond acceptors (Lipinski definition) is 2. The summed E-state index contributed by atoms with van der Waals surface area (Å²) in [6.07, 6.45) is 0.935. The highest BCUT2D eigenvalue weighted by molar-refractivity contribution is 9.10. The minimum Gasteiger partial charge on any atom is -0.325 e. The van der Waals surface area contributed by atoms with Crippen molar-refractivity contribution >= 4 is 39.1 Å². The number of carbonyl (C=O) groups excluding carboxylic acids is 2. The van der Waals surface area contributed by atoms with Crippen molar-refractivity contribution in [1.82, 2.24) is 0 Å². The summed E-state index contributed by atoms with van der Waals surface area (Å²) in [5.74, 6) is -0.401. The summed E-state index contributed by atoms with van der Waals surface area (Å²) in [7, 11) is 0. The number of anilines is 2. The predicted octanol–water partition coefficient (Wildman–Crippen LogP) is 4.00. The van der Waals surface area contributed by atoms with Crippen LogP contribution >= 0.6 is 15.9 Å². The summed E-state index contributed by atoms with van der Waals surface area (Å²) in [6.45, 7) is 3.51. The molecule has 0 atom stereocenters. The van der Waals surface area contributed by atoms with Crippen molar-refractivity contribution in [3.8, 4) is 0 Å². The fraction of sp³-hybridized carbons (Fsp3) is 0.222. The van der Waals surface area contributed by atoms with E-state index in [1.165, 1.54) is 17.4 Å². The summed E-state index contributed by atoms with van der Waals surface area (Å²) in [4.78, 5) is 25.5. The fourth-order valence-electron chi connectivity index (χ4n) is 2.17. The Hall–Kier alpha value is -2.14. The highest BCUT2D eigenvalue weighted by Crippen LogP contribution is 2.17. The van der Waals surface area contributed by atoms with E-state index in [9.17, 15) is 9.59 Å². The van der Waals surface area contributed by atoms with Crippen LogP contribution in [-0.4, -0.2) is 18.4 Å². The molecule has 0 saturated heterocycles. The second-order valence-electron chi connectivity index (χ2n) is 5.18. The zero-order valence-electron chi connectivity index (χ0n) is 13.2. The third-order valence-corrected chi connectivity index (χ3v) is 3.99. The molecule has 2 aromatic rings. The highest BCUT2D eigenvalue weighted by Gasteiger charge is 2.15. The van der Waals surface area contributed by atoms with E-state index in [4.69, 9.17) is 0 Å². The van der Waals surface area contributed by atoms with Gasteiger partial charge in [0.2, 0.25) is 11.8 Å². The summed E-state index contributed by atoms with van der Waals surface area (Å²) < 4.78 is 0.942. The molecule has 1 N–H and O–H groups in total. The average Bonchev–Trinajstić information content (AvgIpc) is 2.55. The lowest BCUT2D eigenvalue weighted by molar-refractivity contribution is -0.120. The normalized spacial score (nSPS) is 10.2. The lowest BCUT2D eigenvalue weighted by Gasteiger charge is -2.21. The first-order valence-corrected chi connectivity index (χ1v) is 8.21. The number of nitrogens with one attached hydrogen (secondary N) is 1. The van der Waals surface area contributed by atoms with Gasteiger partial charge in [0.05, 0.1) is 0 Å². The van der Waals surface area contributed by atoms with Gasteiger partial charge >= 0.3 is 0 Å². The maximum absolute atomic E-state index is 12.2. The van der Waals surface area contributed by atoms with Crippen LogP contribution in [0.25, 0.3) is 0 Å². The van der Waals surface area contributed by atoms with Gasteiger partial charge in [-0.2, -0.15) is 0 Å². The maximum Gasteiger partial charge on any atom is 0.244 e. The van der Waals surface area contributed by atoms with Crippen LogP contribution in [0.2, 0.25) is 0 Å². The molecule has 0 bridgehead atoms. The number of nitrogens with zero attached hydrogens (tertiary/aromatic N) is 1. The number of halogens is 1. The van der Waals surface area contributed by atoms with E-state index < -0.39 is 0 Å². The first-order valence-electron chi connectivity index (χ1n) is 7.42. The first kappa shape index (κ1) is 17.2. The number of benzene rings is 2. The number of carbonyl (C=O) groups is 2. The van der Waals surface area contributed by atoms with E-state index in [1.807, 2.05) is 36.4 Å². The molecule has 0 unspecified atom stereocenters. The molecule has 0 heterocycles. The van der Waals surface area contributed by atoms with E-state index in [-0.39, 0.29) is 18.4 Å². The van der Waals surface area contributed by atoms with Gasteiger partial charge in [-0.25, -0.2) is 0 Å². The molecule has 0 aromatic heterocycles. The van der Waals surface area contributed by atoms with Crippen LogP contribution in [0, 0.1) is 0 Å². The second kappa shape index (κ2) is 7.92. The van der Waals surface area contributed by atoms with Gasteiger partial charge in [0, 0.05) is 22.8 Å². The zero-order valence-corrected chi connectivity index (χ0v) is 14.8. The molecule has 4 nitrogen and oxygen atoms in total. The zero-order chi connectivity index (χ0) is 16.8. The third-order valence-electron chi connectivity index (χ3n) is 3.47. The molecule has 120 valence electrons. The Balaban J connectivity index is 2.07. The summed E-state index contributed by atoms with van der Waals surface area (Å²) in [5, 5.41) is 2.79. The van der Waals surface area contributed by atoms with Gasteiger partial charge in [0.25, 0.3) is 0 Å². The van der Waals surface area contributed by atoms with Gasteiger partial charge in [0.15, 0.2) is 0 Å². The van der Waals surface area contributed by atoms with Crippen LogP contribution in [0.4, 0.5) is 11.4 Å². The smallest absolute Gasteiger partial charge is 0.244 e. The Morgan fingerprint density at radius 2 is 1.65 bits per heavy atom. The van der Waals surface area contributed by atoms with E-state index in [0.717, 1.165) is 16.6 Å². The number of aryl methyl sites for hydroxylation is 1. The Bertz CT molecular complexity index is 681. The molecule has 2 amide bonds. The minimum absolute atomic E-state index is 0.0170. The van der Waals surface area contributed by atoms with Crippen molar-refractivity contribution in [3.05, 3.63) is 58.6 Å². The summed E-state index contributed by atoms with van der Waals surface area (Å²) >= 11 is 3.35. The standard InChI is InChI=1S/C18H19BrN2O2/c1-3-14-4-10-17(11-5-14)21(13(2)22)12-18(23)20-16-8-6-15(19)7-9-16/h4-11H,3,12H2,1-2H3,(H,20,23). The second-order valence-corrected chi connectivity index (χ2v) is 6.10. The number of hydrogen-bond donors (Lipinski definition) is 1. The number of rotatable bonds is 5.